The van der Waals surface area contributed by atoms with Crippen LogP contribution in [0.5, 0.6) is 5.75 Å². The molecule has 0 amide bonds. The van der Waals surface area contributed by atoms with Gasteiger partial charge in [-0.3, -0.25) is 9.59 Å². The monoisotopic (exact) mass is 310 g/mol. The van der Waals surface area contributed by atoms with Gasteiger partial charge in [-0.25, -0.2) is 0 Å². The van der Waals surface area contributed by atoms with E-state index >= 15 is 0 Å². The molecule has 0 N–H and O–H groups in total. The summed E-state index contributed by atoms with van der Waals surface area (Å²) in [6.45, 7) is 7.79. The Morgan fingerprint density at radius 2 is 1.48 bits per heavy atom. The van der Waals surface area contributed by atoms with Crippen LogP contribution in [0.4, 0.5) is 0 Å². The zero-order chi connectivity index (χ0) is 17.0. The van der Waals surface area contributed by atoms with Crippen LogP contribution in [-0.4, -0.2) is 18.2 Å². The van der Waals surface area contributed by atoms with E-state index in [0.717, 1.165) is 11.1 Å². The largest absolute Gasteiger partial charge is 0.485 e. The Hall–Kier alpha value is -2.42. The van der Waals surface area contributed by atoms with Crippen LogP contribution in [0.3, 0.4) is 0 Å². The summed E-state index contributed by atoms with van der Waals surface area (Å²) in [5.74, 6) is 0.644. The second-order valence-corrected chi connectivity index (χ2v) is 5.76. The first-order chi connectivity index (χ1) is 10.9. The molecule has 0 saturated heterocycles. The summed E-state index contributed by atoms with van der Waals surface area (Å²) < 4.78 is 5.55. The van der Waals surface area contributed by atoms with Crippen LogP contribution in [0.2, 0.25) is 0 Å². The van der Waals surface area contributed by atoms with E-state index < -0.39 is 0 Å². The molecule has 0 spiro atoms. The third kappa shape index (κ3) is 4.07. The van der Waals surface area contributed by atoms with Gasteiger partial charge in [-0.15, -0.1) is 0 Å². The van der Waals surface area contributed by atoms with Gasteiger partial charge in [0.1, 0.15) is 5.75 Å². The highest BCUT2D eigenvalue weighted by molar-refractivity contribution is 5.99. The smallest absolute Gasteiger partial charge is 0.200 e. The number of hydrogen-bond donors (Lipinski definition) is 0. The van der Waals surface area contributed by atoms with Crippen molar-refractivity contribution in [1.82, 2.24) is 0 Å². The number of carbonyl (C=O) groups is 2. The molecule has 0 aromatic heterocycles. The van der Waals surface area contributed by atoms with E-state index in [1.54, 1.807) is 24.3 Å². The first-order valence-electron chi connectivity index (χ1n) is 7.79. The van der Waals surface area contributed by atoms with Crippen LogP contribution >= 0.6 is 0 Å². The Balaban J connectivity index is 2.05. The molecule has 0 radical (unpaired) electrons. The minimum atomic E-state index is -0.0423. The van der Waals surface area contributed by atoms with E-state index in [1.165, 1.54) is 5.56 Å². The van der Waals surface area contributed by atoms with Crippen molar-refractivity contribution >= 4 is 11.6 Å². The van der Waals surface area contributed by atoms with Crippen LogP contribution in [0.15, 0.2) is 36.4 Å². The highest BCUT2D eigenvalue weighted by atomic mass is 16.5. The minimum Gasteiger partial charge on any atom is -0.485 e. The highest BCUT2D eigenvalue weighted by Gasteiger charge is 2.12. The molecule has 120 valence electrons. The van der Waals surface area contributed by atoms with Gasteiger partial charge in [0.25, 0.3) is 0 Å². The average molecular weight is 310 g/mol. The fraction of sp³-hybridized carbons (Fsp3) is 0.300. The summed E-state index contributed by atoms with van der Waals surface area (Å²) in [5.41, 5.74) is 4.60. The predicted molar refractivity (Wildman–Crippen MR) is 91.5 cm³/mol. The second-order valence-electron chi connectivity index (χ2n) is 5.76. The molecule has 0 aliphatic heterocycles. The van der Waals surface area contributed by atoms with E-state index in [2.05, 4.69) is 0 Å². The first kappa shape index (κ1) is 16.9. The van der Waals surface area contributed by atoms with Gasteiger partial charge in [0.2, 0.25) is 0 Å². The highest BCUT2D eigenvalue weighted by Crippen LogP contribution is 2.17. The number of ether oxygens (including phenoxy) is 1. The Morgan fingerprint density at radius 1 is 0.870 bits per heavy atom. The van der Waals surface area contributed by atoms with Crippen molar-refractivity contribution in [3.05, 3.63) is 64.2 Å². The maximum absolute atomic E-state index is 12.3. The van der Waals surface area contributed by atoms with Gasteiger partial charge in [-0.05, 0) is 67.8 Å². The van der Waals surface area contributed by atoms with E-state index in [4.69, 9.17) is 4.74 Å². The van der Waals surface area contributed by atoms with Crippen LogP contribution in [-0.2, 0) is 0 Å². The van der Waals surface area contributed by atoms with Crippen molar-refractivity contribution in [3.63, 3.8) is 0 Å². The second kappa shape index (κ2) is 7.23. The number of hydrogen-bond acceptors (Lipinski definition) is 3. The number of carbonyl (C=O) groups excluding carboxylic acids is 2. The molecule has 2 aromatic carbocycles. The fourth-order valence-electron chi connectivity index (χ4n) is 2.43. The normalized spacial score (nSPS) is 10.4. The zero-order valence-electron chi connectivity index (χ0n) is 14.1. The van der Waals surface area contributed by atoms with E-state index in [-0.39, 0.29) is 18.2 Å². The van der Waals surface area contributed by atoms with Crippen molar-refractivity contribution in [2.75, 3.05) is 6.61 Å². The number of rotatable bonds is 6. The van der Waals surface area contributed by atoms with Crippen molar-refractivity contribution in [2.45, 2.75) is 34.1 Å². The molecule has 2 aromatic rings. The lowest BCUT2D eigenvalue weighted by molar-refractivity contribution is 0.0919. The van der Waals surface area contributed by atoms with Crippen molar-refractivity contribution < 1.29 is 14.3 Å². The number of benzene rings is 2. The predicted octanol–water partition coefficient (Wildman–Crippen LogP) is 4.47. The summed E-state index contributed by atoms with van der Waals surface area (Å²) >= 11 is 0. The molecular formula is C20H22O3. The number of Topliss-reactive ketones (excluding diaryl/α,β-unsaturated/α-hetero) is 2. The summed E-state index contributed by atoms with van der Waals surface area (Å²) in [6.07, 6.45) is 0.477. The molecule has 0 aliphatic rings. The molecule has 0 atom stereocenters. The molecular weight excluding hydrogens is 288 g/mol. The molecule has 0 bridgehead atoms. The van der Waals surface area contributed by atoms with E-state index in [0.29, 0.717) is 23.3 Å². The first-order valence-corrected chi connectivity index (χ1v) is 7.79. The maximum Gasteiger partial charge on any atom is 0.200 e. The molecule has 0 heterocycles. The van der Waals surface area contributed by atoms with E-state index in [9.17, 15) is 9.59 Å². The Bertz CT molecular complexity index is 727. The Labute approximate surface area is 137 Å². The standard InChI is InChI=1S/C20H22O3/c1-5-19(21)16-6-8-17(9-7-16)23-12-20(22)18-11-14(3)13(2)10-15(18)4/h6-11H,5,12H2,1-4H3. The number of aryl methyl sites for hydroxylation is 3. The van der Waals surface area contributed by atoms with Gasteiger partial charge >= 0.3 is 0 Å². The van der Waals surface area contributed by atoms with Crippen LogP contribution in [0.1, 0.15) is 50.8 Å². The van der Waals surface area contributed by atoms with Crippen LogP contribution in [0.25, 0.3) is 0 Å². The molecule has 0 saturated carbocycles. The van der Waals surface area contributed by atoms with Crippen molar-refractivity contribution in [1.29, 1.82) is 0 Å². The summed E-state index contributed by atoms with van der Waals surface area (Å²) in [5, 5.41) is 0. The van der Waals surface area contributed by atoms with Gasteiger partial charge in [-0.1, -0.05) is 13.0 Å². The minimum absolute atomic E-state index is 0.00951. The molecule has 0 fully saturated rings. The van der Waals surface area contributed by atoms with Gasteiger partial charge in [0, 0.05) is 17.5 Å². The summed E-state index contributed by atoms with van der Waals surface area (Å²) in [6, 6.07) is 10.8. The van der Waals surface area contributed by atoms with Gasteiger partial charge in [-0.2, -0.15) is 0 Å². The Kier molecular flexibility index (Phi) is 5.32. The Morgan fingerprint density at radius 3 is 2.09 bits per heavy atom. The van der Waals surface area contributed by atoms with Gasteiger partial charge in [0.15, 0.2) is 18.2 Å². The molecule has 2 rings (SSSR count). The molecule has 3 heteroatoms. The van der Waals surface area contributed by atoms with E-state index in [1.807, 2.05) is 39.8 Å². The fourth-order valence-corrected chi connectivity index (χ4v) is 2.43. The SMILES string of the molecule is CCC(=O)c1ccc(OCC(=O)c2cc(C)c(C)cc2C)cc1. The number of ketones is 2. The summed E-state index contributed by atoms with van der Waals surface area (Å²) in [7, 11) is 0. The molecule has 0 unspecified atom stereocenters. The average Bonchev–Trinajstić information content (AvgIpc) is 2.55. The lowest BCUT2D eigenvalue weighted by atomic mass is 9.98. The third-order valence-corrected chi connectivity index (χ3v) is 4.01. The molecule has 3 nitrogen and oxygen atoms in total. The zero-order valence-corrected chi connectivity index (χ0v) is 14.1. The van der Waals surface area contributed by atoms with Crippen LogP contribution in [0, 0.1) is 20.8 Å². The van der Waals surface area contributed by atoms with Gasteiger partial charge in [0.05, 0.1) is 0 Å². The third-order valence-electron chi connectivity index (χ3n) is 4.01. The van der Waals surface area contributed by atoms with Crippen LogP contribution < -0.4 is 4.74 Å². The summed E-state index contributed by atoms with van der Waals surface area (Å²) in [4.78, 5) is 23.9. The van der Waals surface area contributed by atoms with Crippen molar-refractivity contribution in [3.8, 4) is 5.75 Å². The molecule has 0 aliphatic carbocycles. The lowest BCUT2D eigenvalue weighted by Crippen LogP contribution is -2.13. The quantitative estimate of drug-likeness (QED) is 0.740. The van der Waals surface area contributed by atoms with Crippen molar-refractivity contribution in [2.24, 2.45) is 0 Å². The van der Waals surface area contributed by atoms with Gasteiger partial charge < -0.3 is 4.74 Å². The lowest BCUT2D eigenvalue weighted by Gasteiger charge is -2.10. The molecule has 23 heavy (non-hydrogen) atoms. The maximum atomic E-state index is 12.3. The topological polar surface area (TPSA) is 43.4 Å².